The molecule has 2 aromatic rings. The maximum Gasteiger partial charge on any atom is 0.239 e. The van der Waals surface area contributed by atoms with Crippen molar-refractivity contribution in [1.82, 2.24) is 5.32 Å². The van der Waals surface area contributed by atoms with Crippen LogP contribution in [0.25, 0.3) is 0 Å². The van der Waals surface area contributed by atoms with Crippen LogP contribution < -0.4 is 15.4 Å². The molecule has 0 aromatic heterocycles. The van der Waals surface area contributed by atoms with E-state index in [9.17, 15) is 4.79 Å². The molecule has 22 heavy (non-hydrogen) atoms. The van der Waals surface area contributed by atoms with E-state index in [1.165, 1.54) is 0 Å². The van der Waals surface area contributed by atoms with Gasteiger partial charge in [0.15, 0.2) is 0 Å². The van der Waals surface area contributed by atoms with Gasteiger partial charge in [0.05, 0.1) is 24.7 Å². The van der Waals surface area contributed by atoms with E-state index in [0.717, 1.165) is 11.3 Å². The van der Waals surface area contributed by atoms with Crippen LogP contribution in [0.1, 0.15) is 18.5 Å². The van der Waals surface area contributed by atoms with Crippen LogP contribution in [0, 0.1) is 0 Å². The van der Waals surface area contributed by atoms with Crippen LogP contribution in [0.15, 0.2) is 48.5 Å². The van der Waals surface area contributed by atoms with Crippen molar-refractivity contribution in [1.29, 1.82) is 0 Å². The van der Waals surface area contributed by atoms with Gasteiger partial charge in [0.2, 0.25) is 5.91 Å². The third kappa shape index (κ3) is 4.40. The van der Waals surface area contributed by atoms with Crippen molar-refractivity contribution in [2.24, 2.45) is 0 Å². The first-order valence-electron chi connectivity index (χ1n) is 7.02. The Labute approximate surface area is 135 Å². The number of anilines is 1. The molecule has 1 atom stereocenters. The molecule has 1 amide bonds. The molecule has 0 aliphatic heterocycles. The van der Waals surface area contributed by atoms with E-state index >= 15 is 0 Å². The number of ether oxygens (including phenoxy) is 1. The zero-order chi connectivity index (χ0) is 15.9. The molecule has 0 spiro atoms. The SMILES string of the molecule is COc1ccc(NCC(=O)N[C@@H](C)c2ccccc2)cc1Cl. The van der Waals surface area contributed by atoms with Crippen LogP contribution in [0.2, 0.25) is 5.02 Å². The van der Waals surface area contributed by atoms with Crippen LogP contribution >= 0.6 is 11.6 Å². The monoisotopic (exact) mass is 318 g/mol. The van der Waals surface area contributed by atoms with E-state index in [4.69, 9.17) is 16.3 Å². The number of nitrogens with one attached hydrogen (secondary N) is 2. The summed E-state index contributed by atoms with van der Waals surface area (Å²) < 4.78 is 5.09. The molecule has 2 N–H and O–H groups in total. The van der Waals surface area contributed by atoms with Gasteiger partial charge in [-0.2, -0.15) is 0 Å². The number of methoxy groups -OCH3 is 1. The van der Waals surface area contributed by atoms with E-state index < -0.39 is 0 Å². The Bertz CT molecular complexity index is 632. The molecule has 0 aliphatic rings. The molecule has 4 nitrogen and oxygen atoms in total. The molecule has 5 heteroatoms. The minimum absolute atomic E-state index is 0.0324. The van der Waals surface area contributed by atoms with Gasteiger partial charge in [-0.15, -0.1) is 0 Å². The van der Waals surface area contributed by atoms with Crippen LogP contribution in [-0.2, 0) is 4.79 Å². The molecule has 0 saturated carbocycles. The van der Waals surface area contributed by atoms with Gasteiger partial charge in [-0.1, -0.05) is 41.9 Å². The fraction of sp³-hybridized carbons (Fsp3) is 0.235. The van der Waals surface area contributed by atoms with Gasteiger partial charge >= 0.3 is 0 Å². The summed E-state index contributed by atoms with van der Waals surface area (Å²) in [6.07, 6.45) is 0. The van der Waals surface area contributed by atoms with Crippen molar-refractivity contribution in [3.8, 4) is 5.75 Å². The van der Waals surface area contributed by atoms with E-state index in [1.54, 1.807) is 19.2 Å². The molecule has 0 fully saturated rings. The Morgan fingerprint density at radius 2 is 1.95 bits per heavy atom. The second-order valence-electron chi connectivity index (χ2n) is 4.90. The summed E-state index contributed by atoms with van der Waals surface area (Å²) >= 11 is 6.04. The second-order valence-corrected chi connectivity index (χ2v) is 5.31. The Hall–Kier alpha value is -2.20. The number of carbonyl (C=O) groups is 1. The lowest BCUT2D eigenvalue weighted by Gasteiger charge is -2.15. The highest BCUT2D eigenvalue weighted by atomic mass is 35.5. The molecular formula is C17H19ClN2O2. The number of rotatable bonds is 6. The summed E-state index contributed by atoms with van der Waals surface area (Å²) in [5.74, 6) is 0.526. The number of hydrogen-bond acceptors (Lipinski definition) is 3. The summed E-state index contributed by atoms with van der Waals surface area (Å²) in [7, 11) is 1.56. The maximum absolute atomic E-state index is 12.0. The van der Waals surface area contributed by atoms with Gasteiger partial charge in [-0.05, 0) is 30.7 Å². The van der Waals surface area contributed by atoms with Crippen molar-refractivity contribution in [3.05, 3.63) is 59.1 Å². The first-order valence-corrected chi connectivity index (χ1v) is 7.39. The number of halogens is 1. The van der Waals surface area contributed by atoms with Gasteiger partial charge < -0.3 is 15.4 Å². The second kappa shape index (κ2) is 7.71. The van der Waals surface area contributed by atoms with Crippen LogP contribution in [0.5, 0.6) is 5.75 Å². The lowest BCUT2D eigenvalue weighted by atomic mass is 10.1. The number of carbonyl (C=O) groups excluding carboxylic acids is 1. The molecule has 2 rings (SSSR count). The van der Waals surface area contributed by atoms with Gasteiger partial charge in [-0.25, -0.2) is 0 Å². The minimum Gasteiger partial charge on any atom is -0.495 e. The Kier molecular flexibility index (Phi) is 5.67. The third-order valence-corrected chi connectivity index (χ3v) is 3.58. The van der Waals surface area contributed by atoms with Gasteiger partial charge in [0.1, 0.15) is 5.75 Å². The smallest absolute Gasteiger partial charge is 0.239 e. The van der Waals surface area contributed by atoms with Crippen molar-refractivity contribution < 1.29 is 9.53 Å². The summed E-state index contributed by atoms with van der Waals surface area (Å²) in [6.45, 7) is 2.14. The zero-order valence-corrected chi connectivity index (χ0v) is 13.4. The highest BCUT2D eigenvalue weighted by Gasteiger charge is 2.09. The highest BCUT2D eigenvalue weighted by Crippen LogP contribution is 2.27. The van der Waals surface area contributed by atoms with Crippen molar-refractivity contribution in [2.75, 3.05) is 19.0 Å². The van der Waals surface area contributed by atoms with Crippen LogP contribution in [0.3, 0.4) is 0 Å². The average molecular weight is 319 g/mol. The molecule has 2 aromatic carbocycles. The van der Waals surface area contributed by atoms with Gasteiger partial charge in [0, 0.05) is 5.69 Å². The lowest BCUT2D eigenvalue weighted by Crippen LogP contribution is -2.32. The van der Waals surface area contributed by atoms with Crippen molar-refractivity contribution >= 4 is 23.2 Å². The van der Waals surface area contributed by atoms with Gasteiger partial charge in [-0.3, -0.25) is 4.79 Å². The normalized spacial score (nSPS) is 11.6. The fourth-order valence-corrected chi connectivity index (χ4v) is 2.33. The Balaban J connectivity index is 1.86. The van der Waals surface area contributed by atoms with E-state index in [1.807, 2.05) is 43.3 Å². The quantitative estimate of drug-likeness (QED) is 0.855. The Morgan fingerprint density at radius 1 is 1.23 bits per heavy atom. The topological polar surface area (TPSA) is 50.4 Å². The fourth-order valence-electron chi connectivity index (χ4n) is 2.08. The predicted octanol–water partition coefficient (Wildman–Crippen LogP) is 3.64. The molecule has 0 heterocycles. The predicted molar refractivity (Wildman–Crippen MR) is 89.5 cm³/mol. The molecule has 0 saturated heterocycles. The van der Waals surface area contributed by atoms with E-state index in [0.29, 0.717) is 10.8 Å². The molecular weight excluding hydrogens is 300 g/mol. The number of hydrogen-bond donors (Lipinski definition) is 2. The standard InChI is InChI=1S/C17H19ClN2O2/c1-12(13-6-4-3-5-7-13)20-17(21)11-19-14-8-9-16(22-2)15(18)10-14/h3-10,12,19H,11H2,1-2H3,(H,20,21)/t12-/m0/s1. The molecule has 116 valence electrons. The Morgan fingerprint density at radius 3 is 2.59 bits per heavy atom. The zero-order valence-electron chi connectivity index (χ0n) is 12.6. The number of amides is 1. The highest BCUT2D eigenvalue weighted by molar-refractivity contribution is 6.32. The van der Waals surface area contributed by atoms with E-state index in [2.05, 4.69) is 10.6 Å². The molecule has 0 unspecified atom stereocenters. The molecule has 0 radical (unpaired) electrons. The summed E-state index contributed by atoms with van der Waals surface area (Å²) in [4.78, 5) is 12.0. The summed E-state index contributed by atoms with van der Waals surface area (Å²) in [6, 6.07) is 15.1. The average Bonchev–Trinajstić information content (AvgIpc) is 2.54. The van der Waals surface area contributed by atoms with Crippen molar-refractivity contribution in [3.63, 3.8) is 0 Å². The lowest BCUT2D eigenvalue weighted by molar-refractivity contribution is -0.120. The van der Waals surface area contributed by atoms with Crippen LogP contribution in [0.4, 0.5) is 5.69 Å². The molecule has 0 bridgehead atoms. The number of benzene rings is 2. The van der Waals surface area contributed by atoms with Crippen molar-refractivity contribution in [2.45, 2.75) is 13.0 Å². The third-order valence-electron chi connectivity index (χ3n) is 3.28. The first kappa shape index (κ1) is 16.2. The van der Waals surface area contributed by atoms with E-state index in [-0.39, 0.29) is 18.5 Å². The van der Waals surface area contributed by atoms with Gasteiger partial charge in [0.25, 0.3) is 0 Å². The summed E-state index contributed by atoms with van der Waals surface area (Å²) in [5.41, 5.74) is 1.84. The van der Waals surface area contributed by atoms with Crippen LogP contribution in [-0.4, -0.2) is 19.6 Å². The minimum atomic E-state index is -0.0803. The molecule has 0 aliphatic carbocycles. The summed E-state index contributed by atoms with van der Waals surface area (Å²) in [5, 5.41) is 6.49. The maximum atomic E-state index is 12.0. The first-order chi connectivity index (χ1) is 10.6. The largest absolute Gasteiger partial charge is 0.495 e.